The maximum absolute atomic E-state index is 12.6. The Kier molecular flexibility index (Phi) is 6.64. The van der Waals surface area contributed by atoms with Crippen molar-refractivity contribution in [3.05, 3.63) is 52.4 Å². The van der Waals surface area contributed by atoms with Gasteiger partial charge in [0.2, 0.25) is 0 Å². The van der Waals surface area contributed by atoms with E-state index in [0.29, 0.717) is 22.5 Å². The van der Waals surface area contributed by atoms with Crippen molar-refractivity contribution in [1.82, 2.24) is 10.2 Å². The minimum absolute atomic E-state index is 0. The van der Waals surface area contributed by atoms with Crippen molar-refractivity contribution in [2.75, 3.05) is 25.0 Å². The van der Waals surface area contributed by atoms with Gasteiger partial charge in [0.1, 0.15) is 0 Å². The van der Waals surface area contributed by atoms with Gasteiger partial charge in [-0.15, -0.1) is 12.4 Å². The van der Waals surface area contributed by atoms with Crippen LogP contribution >= 0.6 is 28.3 Å². The highest BCUT2D eigenvalue weighted by Gasteiger charge is 2.23. The molecule has 6 nitrogen and oxygen atoms in total. The molecule has 1 fully saturated rings. The molecule has 2 N–H and O–H groups in total. The number of nitrogens with zero attached hydrogens (tertiary/aromatic N) is 1. The monoisotopic (exact) mass is 427 g/mol. The number of hydrogen-bond acceptors (Lipinski definition) is 4. The number of rotatable bonds is 3. The fourth-order valence-electron chi connectivity index (χ4n) is 2.63. The Morgan fingerprint density at radius 1 is 1.24 bits per heavy atom. The number of carbonyl (C=O) groups is 2. The number of hydrogen-bond donors (Lipinski definition) is 2. The lowest BCUT2D eigenvalue weighted by Gasteiger charge is -2.34. The predicted molar refractivity (Wildman–Crippen MR) is 101 cm³/mol. The number of amides is 2. The van der Waals surface area contributed by atoms with E-state index in [2.05, 4.69) is 26.6 Å². The highest BCUT2D eigenvalue weighted by atomic mass is 79.9. The zero-order valence-corrected chi connectivity index (χ0v) is 16.0. The molecule has 1 saturated heterocycles. The molecule has 0 radical (unpaired) electrons. The van der Waals surface area contributed by atoms with E-state index in [-0.39, 0.29) is 36.0 Å². The van der Waals surface area contributed by atoms with Gasteiger partial charge in [0.05, 0.1) is 0 Å². The summed E-state index contributed by atoms with van der Waals surface area (Å²) < 4.78 is 5.71. The minimum atomic E-state index is -0.337. The number of halogens is 2. The van der Waals surface area contributed by atoms with Crippen LogP contribution in [0.3, 0.4) is 0 Å². The lowest BCUT2D eigenvalue weighted by atomic mass is 10.1. The van der Waals surface area contributed by atoms with E-state index in [4.69, 9.17) is 4.42 Å². The van der Waals surface area contributed by atoms with Crippen molar-refractivity contribution in [3.8, 4) is 0 Å². The molecule has 0 spiro atoms. The van der Waals surface area contributed by atoms with Crippen LogP contribution in [0.1, 0.15) is 27.8 Å². The van der Waals surface area contributed by atoms with Crippen molar-refractivity contribution < 1.29 is 14.0 Å². The van der Waals surface area contributed by atoms with E-state index in [1.54, 1.807) is 36.4 Å². The van der Waals surface area contributed by atoms with Gasteiger partial charge in [0.25, 0.3) is 11.8 Å². The van der Waals surface area contributed by atoms with Crippen molar-refractivity contribution in [3.63, 3.8) is 0 Å². The topological polar surface area (TPSA) is 74.6 Å². The summed E-state index contributed by atoms with van der Waals surface area (Å²) in [6.07, 6.45) is 0. The van der Waals surface area contributed by atoms with Gasteiger partial charge in [0, 0.05) is 36.9 Å². The number of benzene rings is 1. The second-order valence-corrected chi connectivity index (χ2v) is 6.47. The third-order valence-electron chi connectivity index (χ3n) is 3.95. The number of anilines is 1. The third kappa shape index (κ3) is 4.62. The maximum atomic E-state index is 12.6. The molecule has 1 atom stereocenters. The Balaban J connectivity index is 0.00000225. The molecule has 1 aromatic carbocycles. The Bertz CT molecular complexity index is 748. The first kappa shape index (κ1) is 19.5. The van der Waals surface area contributed by atoms with Crippen molar-refractivity contribution in [1.29, 1.82) is 0 Å². The summed E-state index contributed by atoms with van der Waals surface area (Å²) in [6, 6.07) is 10.3. The molecule has 2 amide bonds. The largest absolute Gasteiger partial charge is 0.444 e. The quantitative estimate of drug-likeness (QED) is 0.787. The Morgan fingerprint density at radius 2 is 1.96 bits per heavy atom. The Hall–Kier alpha value is -1.83. The number of carbonyl (C=O) groups excluding carboxylic acids is 2. The van der Waals surface area contributed by atoms with Crippen LogP contribution in [0.25, 0.3) is 0 Å². The predicted octanol–water partition coefficient (Wildman–Crippen LogP) is 3.15. The summed E-state index contributed by atoms with van der Waals surface area (Å²) in [5.41, 5.74) is 1.22. The molecule has 8 heteroatoms. The molecule has 1 aromatic heterocycles. The molecule has 0 aliphatic carbocycles. The van der Waals surface area contributed by atoms with Crippen LogP contribution in [0.5, 0.6) is 0 Å². The molecule has 0 bridgehead atoms. The summed E-state index contributed by atoms with van der Waals surface area (Å²) in [5.74, 6) is -0.107. The molecular formula is C17H19BrClN3O3. The summed E-state index contributed by atoms with van der Waals surface area (Å²) in [4.78, 5) is 26.5. The second kappa shape index (κ2) is 8.51. The Labute approximate surface area is 160 Å². The molecule has 1 aliphatic heterocycles. The first-order chi connectivity index (χ1) is 11.5. The number of furan rings is 1. The van der Waals surface area contributed by atoms with Crippen molar-refractivity contribution in [2.24, 2.45) is 0 Å². The van der Waals surface area contributed by atoms with Gasteiger partial charge in [-0.1, -0.05) is 0 Å². The van der Waals surface area contributed by atoms with Gasteiger partial charge < -0.3 is 20.0 Å². The summed E-state index contributed by atoms with van der Waals surface area (Å²) in [5, 5.41) is 6.00. The molecule has 0 unspecified atom stereocenters. The normalized spacial score (nSPS) is 16.9. The van der Waals surface area contributed by atoms with Crippen LogP contribution in [0.15, 0.2) is 45.5 Å². The lowest BCUT2D eigenvalue weighted by Crippen LogP contribution is -2.52. The van der Waals surface area contributed by atoms with Crippen molar-refractivity contribution in [2.45, 2.75) is 13.0 Å². The second-order valence-electron chi connectivity index (χ2n) is 5.69. The Morgan fingerprint density at radius 3 is 2.56 bits per heavy atom. The van der Waals surface area contributed by atoms with E-state index in [9.17, 15) is 9.59 Å². The minimum Gasteiger partial charge on any atom is -0.444 e. The molecule has 0 saturated carbocycles. The SMILES string of the molecule is C[C@@H]1CNCCN1C(=O)c1ccc(NC(=O)c2ccc(Br)o2)cc1.Cl. The van der Waals surface area contributed by atoms with E-state index < -0.39 is 0 Å². The molecular weight excluding hydrogens is 410 g/mol. The lowest BCUT2D eigenvalue weighted by molar-refractivity contribution is 0.0655. The fourth-order valence-corrected chi connectivity index (χ4v) is 2.94. The molecule has 134 valence electrons. The van der Waals surface area contributed by atoms with E-state index in [0.717, 1.165) is 13.1 Å². The summed E-state index contributed by atoms with van der Waals surface area (Å²) in [6.45, 7) is 4.34. The van der Waals surface area contributed by atoms with Crippen LogP contribution in [0.2, 0.25) is 0 Å². The van der Waals surface area contributed by atoms with Gasteiger partial charge in [-0.05, 0) is 59.3 Å². The van der Waals surface area contributed by atoms with Crippen LogP contribution in [0.4, 0.5) is 5.69 Å². The molecule has 2 heterocycles. The van der Waals surface area contributed by atoms with Gasteiger partial charge in [0.15, 0.2) is 10.4 Å². The fraction of sp³-hybridized carbons (Fsp3) is 0.294. The highest BCUT2D eigenvalue weighted by Crippen LogP contribution is 2.17. The smallest absolute Gasteiger partial charge is 0.291 e. The van der Waals surface area contributed by atoms with Gasteiger partial charge >= 0.3 is 0 Å². The van der Waals surface area contributed by atoms with Crippen LogP contribution in [0, 0.1) is 0 Å². The van der Waals surface area contributed by atoms with Crippen LogP contribution in [-0.2, 0) is 0 Å². The number of nitrogens with one attached hydrogen (secondary N) is 2. The third-order valence-corrected chi connectivity index (χ3v) is 4.38. The maximum Gasteiger partial charge on any atom is 0.291 e. The van der Waals surface area contributed by atoms with E-state index in [1.165, 1.54) is 0 Å². The van der Waals surface area contributed by atoms with E-state index in [1.807, 2.05) is 11.8 Å². The highest BCUT2D eigenvalue weighted by molar-refractivity contribution is 9.10. The van der Waals surface area contributed by atoms with Gasteiger partial charge in [-0.3, -0.25) is 9.59 Å². The average molecular weight is 429 g/mol. The standard InChI is InChI=1S/C17H18BrN3O3.ClH/c1-11-10-19-8-9-21(11)17(23)12-2-4-13(5-3-12)20-16(22)14-6-7-15(18)24-14;/h2-7,11,19H,8-10H2,1H3,(H,20,22);1H/t11-;/m1./s1. The molecule has 3 rings (SSSR count). The average Bonchev–Trinajstić information content (AvgIpc) is 3.02. The van der Waals surface area contributed by atoms with Crippen LogP contribution in [-0.4, -0.2) is 42.4 Å². The molecule has 1 aliphatic rings. The first-order valence-electron chi connectivity index (χ1n) is 7.73. The first-order valence-corrected chi connectivity index (χ1v) is 8.52. The molecule has 2 aromatic rings. The van der Waals surface area contributed by atoms with Crippen molar-refractivity contribution >= 4 is 45.8 Å². The van der Waals surface area contributed by atoms with Gasteiger partial charge in [-0.2, -0.15) is 0 Å². The number of piperazine rings is 1. The zero-order valence-electron chi connectivity index (χ0n) is 13.6. The molecule has 25 heavy (non-hydrogen) atoms. The van der Waals surface area contributed by atoms with Gasteiger partial charge in [-0.25, -0.2) is 0 Å². The summed E-state index contributed by atoms with van der Waals surface area (Å²) >= 11 is 3.16. The zero-order chi connectivity index (χ0) is 17.1. The summed E-state index contributed by atoms with van der Waals surface area (Å²) in [7, 11) is 0. The van der Waals surface area contributed by atoms with E-state index >= 15 is 0 Å². The van der Waals surface area contributed by atoms with Crippen LogP contribution < -0.4 is 10.6 Å².